The molecule has 1 saturated heterocycles. The fraction of sp³-hybridized carbons (Fsp3) is 0.625. The Morgan fingerprint density at radius 2 is 1.90 bits per heavy atom. The van der Waals surface area contributed by atoms with E-state index in [1.807, 2.05) is 11.8 Å². The number of nitrogens with zero attached hydrogens (tertiary/aromatic N) is 1. The highest BCUT2D eigenvalue weighted by atomic mass is 32.2. The van der Waals surface area contributed by atoms with Crippen molar-refractivity contribution in [1.29, 1.82) is 0 Å². The molecule has 2 fully saturated rings. The van der Waals surface area contributed by atoms with Crippen molar-refractivity contribution >= 4 is 17.4 Å². The monoisotopic (exact) mass is 294 g/mol. The molecule has 0 aromatic heterocycles. The number of hydrogen-bond acceptors (Lipinski definition) is 3. The summed E-state index contributed by atoms with van der Waals surface area (Å²) in [6.07, 6.45) is 2.53. The Bertz CT molecular complexity index is 466. The van der Waals surface area contributed by atoms with Gasteiger partial charge in [-0.3, -0.25) is 0 Å². The van der Waals surface area contributed by atoms with Gasteiger partial charge in [0.1, 0.15) is 5.82 Å². The van der Waals surface area contributed by atoms with Crippen LogP contribution >= 0.6 is 11.8 Å². The number of halogens is 1. The van der Waals surface area contributed by atoms with E-state index < -0.39 is 0 Å². The lowest BCUT2D eigenvalue weighted by atomic mass is 10.1. The first-order chi connectivity index (χ1) is 9.60. The minimum Gasteiger partial charge on any atom is -0.369 e. The molecule has 1 aliphatic carbocycles. The lowest BCUT2D eigenvalue weighted by Gasteiger charge is -2.36. The Morgan fingerprint density at radius 1 is 1.20 bits per heavy atom. The molecule has 2 nitrogen and oxygen atoms in total. The van der Waals surface area contributed by atoms with Gasteiger partial charge in [-0.05, 0) is 36.6 Å². The van der Waals surface area contributed by atoms with Crippen LogP contribution in [0, 0.1) is 5.82 Å². The minimum absolute atomic E-state index is 0.117. The summed E-state index contributed by atoms with van der Waals surface area (Å²) in [5.41, 5.74) is 2.10. The van der Waals surface area contributed by atoms with Crippen molar-refractivity contribution in [3.05, 3.63) is 29.6 Å². The summed E-state index contributed by atoms with van der Waals surface area (Å²) in [5, 5.41) is 4.67. The van der Waals surface area contributed by atoms with Gasteiger partial charge in [0.25, 0.3) is 0 Å². The van der Waals surface area contributed by atoms with Crippen molar-refractivity contribution < 1.29 is 4.39 Å². The molecule has 2 unspecified atom stereocenters. The molecule has 1 saturated carbocycles. The third kappa shape index (κ3) is 3.67. The number of hydrogen-bond donors (Lipinski definition) is 1. The van der Waals surface area contributed by atoms with Gasteiger partial charge in [-0.25, -0.2) is 4.39 Å². The lowest BCUT2D eigenvalue weighted by Crippen LogP contribution is -2.40. The Hall–Kier alpha value is -0.740. The quantitative estimate of drug-likeness (QED) is 0.916. The Morgan fingerprint density at radius 3 is 2.55 bits per heavy atom. The molecule has 110 valence electrons. The van der Waals surface area contributed by atoms with Crippen molar-refractivity contribution in [2.45, 2.75) is 49.8 Å². The van der Waals surface area contributed by atoms with Gasteiger partial charge in [-0.15, -0.1) is 0 Å². The van der Waals surface area contributed by atoms with Crippen molar-refractivity contribution in [1.82, 2.24) is 5.32 Å². The first kappa shape index (κ1) is 14.2. The number of benzene rings is 1. The summed E-state index contributed by atoms with van der Waals surface area (Å²) in [6.45, 7) is 7.30. The number of rotatable bonds is 4. The molecule has 0 spiro atoms. The zero-order valence-corrected chi connectivity index (χ0v) is 13.0. The van der Waals surface area contributed by atoms with Gasteiger partial charge in [-0.2, -0.15) is 11.8 Å². The molecular formula is C16H23FN2S. The third-order valence-corrected chi connectivity index (χ3v) is 5.13. The smallest absolute Gasteiger partial charge is 0.125 e. The average molecular weight is 294 g/mol. The predicted octanol–water partition coefficient (Wildman–Crippen LogP) is 3.41. The van der Waals surface area contributed by atoms with E-state index in [1.165, 1.54) is 12.8 Å². The zero-order valence-electron chi connectivity index (χ0n) is 12.2. The molecule has 1 aromatic rings. The maximum absolute atomic E-state index is 13.9. The molecule has 4 heteroatoms. The highest BCUT2D eigenvalue weighted by Gasteiger charge is 2.23. The number of thioether (sulfide) groups is 1. The number of anilines is 1. The molecule has 0 bridgehead atoms. The highest BCUT2D eigenvalue weighted by Crippen LogP contribution is 2.29. The summed E-state index contributed by atoms with van der Waals surface area (Å²) in [7, 11) is 0. The van der Waals surface area contributed by atoms with Crippen LogP contribution in [0.25, 0.3) is 0 Å². The van der Waals surface area contributed by atoms with Gasteiger partial charge in [0, 0.05) is 41.9 Å². The van der Waals surface area contributed by atoms with Crippen LogP contribution in [0.4, 0.5) is 10.1 Å². The molecule has 20 heavy (non-hydrogen) atoms. The van der Waals surface area contributed by atoms with Gasteiger partial charge in [0.15, 0.2) is 0 Å². The van der Waals surface area contributed by atoms with Crippen molar-refractivity contribution in [2.24, 2.45) is 0 Å². The van der Waals surface area contributed by atoms with Crippen molar-refractivity contribution in [3.63, 3.8) is 0 Å². The first-order valence-corrected chi connectivity index (χ1v) is 8.47. The van der Waals surface area contributed by atoms with E-state index in [0.29, 0.717) is 16.5 Å². The van der Waals surface area contributed by atoms with Crippen LogP contribution in [0.15, 0.2) is 18.2 Å². The zero-order chi connectivity index (χ0) is 14.1. The molecular weight excluding hydrogens is 271 g/mol. The molecule has 1 aliphatic heterocycles. The topological polar surface area (TPSA) is 15.3 Å². The van der Waals surface area contributed by atoms with Crippen molar-refractivity contribution in [2.75, 3.05) is 18.0 Å². The highest BCUT2D eigenvalue weighted by molar-refractivity contribution is 8.00. The van der Waals surface area contributed by atoms with Gasteiger partial charge in [0.2, 0.25) is 0 Å². The molecule has 0 amide bonds. The Kier molecular flexibility index (Phi) is 4.22. The van der Waals surface area contributed by atoms with Crippen LogP contribution in [0.1, 0.15) is 32.3 Å². The van der Waals surface area contributed by atoms with E-state index in [0.717, 1.165) is 30.9 Å². The second-order valence-corrected chi connectivity index (χ2v) is 8.02. The lowest BCUT2D eigenvalue weighted by molar-refractivity contribution is 0.617. The van der Waals surface area contributed by atoms with Crippen LogP contribution in [0.2, 0.25) is 0 Å². The first-order valence-electron chi connectivity index (χ1n) is 7.53. The largest absolute Gasteiger partial charge is 0.369 e. The number of nitrogens with one attached hydrogen (secondary N) is 1. The Balaban J connectivity index is 1.73. The van der Waals surface area contributed by atoms with Crippen LogP contribution < -0.4 is 10.2 Å². The fourth-order valence-corrected chi connectivity index (χ4v) is 4.18. The van der Waals surface area contributed by atoms with E-state index in [-0.39, 0.29) is 5.82 Å². The average Bonchev–Trinajstić information content (AvgIpc) is 3.18. The normalized spacial score (nSPS) is 26.9. The van der Waals surface area contributed by atoms with E-state index >= 15 is 0 Å². The van der Waals surface area contributed by atoms with Crippen molar-refractivity contribution in [3.8, 4) is 0 Å². The second kappa shape index (κ2) is 5.94. The molecule has 2 atom stereocenters. The standard InChI is InChI=1S/C16H23FN2S/c1-11-9-19(10-12(2)20-11)16-6-13(5-14(17)7-16)8-18-15-3-4-15/h5-7,11-12,15,18H,3-4,8-10H2,1-2H3. The third-order valence-electron chi connectivity index (χ3n) is 3.90. The van der Waals surface area contributed by atoms with E-state index in [9.17, 15) is 4.39 Å². The van der Waals surface area contributed by atoms with Gasteiger partial charge in [0.05, 0.1) is 0 Å². The van der Waals surface area contributed by atoms with Crippen LogP contribution in [-0.4, -0.2) is 29.6 Å². The minimum atomic E-state index is -0.117. The van der Waals surface area contributed by atoms with Crippen LogP contribution in [-0.2, 0) is 6.54 Å². The van der Waals surface area contributed by atoms with Crippen LogP contribution in [0.3, 0.4) is 0 Å². The summed E-state index contributed by atoms with van der Waals surface area (Å²) in [5.74, 6) is -0.117. The summed E-state index contributed by atoms with van der Waals surface area (Å²) in [6, 6.07) is 6.14. The predicted molar refractivity (Wildman–Crippen MR) is 85.0 cm³/mol. The maximum atomic E-state index is 13.9. The molecule has 1 aromatic carbocycles. The van der Waals surface area contributed by atoms with Gasteiger partial charge < -0.3 is 10.2 Å². The van der Waals surface area contributed by atoms with Crippen LogP contribution in [0.5, 0.6) is 0 Å². The maximum Gasteiger partial charge on any atom is 0.125 e. The molecule has 2 aliphatic rings. The second-order valence-electron chi connectivity index (χ2n) is 6.14. The summed E-state index contributed by atoms with van der Waals surface area (Å²) in [4.78, 5) is 2.33. The molecule has 1 heterocycles. The van der Waals surface area contributed by atoms with E-state index in [4.69, 9.17) is 0 Å². The Labute approximate surface area is 125 Å². The van der Waals surface area contributed by atoms with E-state index in [2.05, 4.69) is 30.1 Å². The molecule has 1 N–H and O–H groups in total. The van der Waals surface area contributed by atoms with E-state index in [1.54, 1.807) is 12.1 Å². The molecule has 0 radical (unpaired) electrons. The van der Waals surface area contributed by atoms with Gasteiger partial charge >= 0.3 is 0 Å². The van der Waals surface area contributed by atoms with Gasteiger partial charge in [-0.1, -0.05) is 13.8 Å². The molecule has 3 rings (SSSR count). The fourth-order valence-electron chi connectivity index (χ4n) is 2.86. The summed E-state index contributed by atoms with van der Waals surface area (Å²) >= 11 is 2.02. The summed E-state index contributed by atoms with van der Waals surface area (Å²) < 4.78 is 13.9. The SMILES string of the molecule is CC1CN(c2cc(F)cc(CNC3CC3)c2)CC(C)S1.